The monoisotopic (exact) mass is 415 g/mol. The van der Waals surface area contributed by atoms with Gasteiger partial charge >= 0.3 is 0 Å². The molecule has 0 radical (unpaired) electrons. The van der Waals surface area contributed by atoms with Crippen molar-refractivity contribution >= 4 is 28.2 Å². The number of aromatic nitrogens is 2. The van der Waals surface area contributed by atoms with Gasteiger partial charge in [0.1, 0.15) is 0 Å². The molecule has 1 aromatic heterocycles. The number of fused-ring (bicyclic) bond motifs is 2. The summed E-state index contributed by atoms with van der Waals surface area (Å²) >= 11 is 0. The standard InChI is InChI=1S/C17H20N8O.Zn/c18-14(19)7-1-3-9-11(5-7)24-16(22-9)13(26)17-23-10-4-2-8(15(20)21)6-12(10)25-17;/h1-6,14-16H,18-21H2,(H3,22,23,24,25,26);/p-1. The molecule has 3 aromatic rings. The molecule has 2 heterocycles. The van der Waals surface area contributed by atoms with Crippen LogP contribution in [0.25, 0.3) is 16.4 Å². The zero-order chi connectivity index (χ0) is 18.4. The maximum Gasteiger partial charge on any atom is 0.202 e. The van der Waals surface area contributed by atoms with Crippen LogP contribution >= 0.6 is 0 Å². The molecule has 0 saturated carbocycles. The number of nitrogens with two attached hydrogens (primary N) is 4. The van der Waals surface area contributed by atoms with Gasteiger partial charge in [-0.15, -0.1) is 5.69 Å². The predicted octanol–water partition coefficient (Wildman–Crippen LogP) is 1.03. The molecule has 4 rings (SSSR count). The Labute approximate surface area is 168 Å². The molecule has 0 amide bonds. The number of nitrogens with one attached hydrogen (secondary N) is 2. The predicted molar refractivity (Wildman–Crippen MR) is 99.5 cm³/mol. The molecule has 1 aliphatic heterocycles. The first-order chi connectivity index (χ1) is 12.4. The molecule has 0 spiro atoms. The van der Waals surface area contributed by atoms with E-state index in [1.807, 2.05) is 0 Å². The summed E-state index contributed by atoms with van der Waals surface area (Å²) in [5.41, 5.74) is 27.0. The van der Waals surface area contributed by atoms with Crippen molar-refractivity contribution in [2.24, 2.45) is 22.9 Å². The minimum Gasteiger partial charge on any atom is -0.657 e. The Hall–Kier alpha value is -2.36. The third-order valence-electron chi connectivity index (χ3n) is 4.34. The molecule has 0 aliphatic carbocycles. The molecule has 0 fully saturated rings. The largest absolute Gasteiger partial charge is 0.657 e. The van der Waals surface area contributed by atoms with Crippen LogP contribution in [0.15, 0.2) is 36.4 Å². The molecule has 10 heteroatoms. The Balaban J connectivity index is 0.00000210. The zero-order valence-corrected chi connectivity index (χ0v) is 17.5. The Morgan fingerprint density at radius 1 is 1.04 bits per heavy atom. The van der Waals surface area contributed by atoms with Crippen LogP contribution in [0.4, 0.5) is 11.4 Å². The summed E-state index contributed by atoms with van der Waals surface area (Å²) in [5, 5.41) is 7.48. The van der Waals surface area contributed by atoms with E-state index in [-0.39, 0.29) is 31.1 Å². The van der Waals surface area contributed by atoms with Crippen LogP contribution in [0.3, 0.4) is 0 Å². The molecule has 1 unspecified atom stereocenters. The number of carbonyl (C=O) groups is 1. The summed E-state index contributed by atoms with van der Waals surface area (Å²) in [6.45, 7) is 0. The van der Waals surface area contributed by atoms with Crippen molar-refractivity contribution in [3.05, 3.63) is 58.7 Å². The van der Waals surface area contributed by atoms with Crippen molar-refractivity contribution in [2.75, 3.05) is 5.32 Å². The topological polar surface area (TPSA) is 176 Å². The van der Waals surface area contributed by atoms with Gasteiger partial charge in [-0.25, -0.2) is 4.98 Å². The third kappa shape index (κ3) is 3.58. The molecule has 1 aliphatic rings. The number of carbonyl (C=O) groups excluding carboxylic acids is 1. The quantitative estimate of drug-likeness (QED) is 0.209. The van der Waals surface area contributed by atoms with Crippen molar-refractivity contribution in [3.8, 4) is 0 Å². The molecule has 9 nitrogen and oxygen atoms in total. The van der Waals surface area contributed by atoms with Crippen LogP contribution in [0.5, 0.6) is 0 Å². The fourth-order valence-corrected chi connectivity index (χ4v) is 2.91. The summed E-state index contributed by atoms with van der Waals surface area (Å²) in [6.07, 6.45) is -1.94. The van der Waals surface area contributed by atoms with E-state index in [0.717, 1.165) is 11.1 Å². The van der Waals surface area contributed by atoms with Crippen molar-refractivity contribution < 1.29 is 24.3 Å². The molecule has 27 heavy (non-hydrogen) atoms. The number of Topliss-reactive ketones (excluding diaryl/α,β-unsaturated/α-hetero) is 1. The van der Waals surface area contributed by atoms with Crippen LogP contribution in [0.2, 0.25) is 0 Å². The van der Waals surface area contributed by atoms with Crippen molar-refractivity contribution in [1.82, 2.24) is 9.97 Å². The van der Waals surface area contributed by atoms with E-state index in [1.165, 1.54) is 0 Å². The first kappa shape index (κ1) is 19.4. The molecule has 0 saturated heterocycles. The second kappa shape index (κ2) is 7.34. The fraction of sp³-hybridized carbons (Fsp3) is 0.176. The fourth-order valence-electron chi connectivity index (χ4n) is 2.91. The van der Waals surface area contributed by atoms with Crippen LogP contribution in [0.1, 0.15) is 34.1 Å². The summed E-state index contributed by atoms with van der Waals surface area (Å²) in [7, 11) is 0. The number of H-pyrrole nitrogens is 1. The Morgan fingerprint density at radius 2 is 1.70 bits per heavy atom. The minimum atomic E-state index is -0.758. The van der Waals surface area contributed by atoms with E-state index in [4.69, 9.17) is 22.9 Å². The normalized spacial score (nSPS) is 15.4. The summed E-state index contributed by atoms with van der Waals surface area (Å²) in [4.78, 5) is 20.1. The smallest absolute Gasteiger partial charge is 0.202 e. The van der Waals surface area contributed by atoms with Gasteiger partial charge in [-0.05, 0) is 29.3 Å². The van der Waals surface area contributed by atoms with Gasteiger partial charge in [-0.2, -0.15) is 0 Å². The minimum absolute atomic E-state index is 0. The summed E-state index contributed by atoms with van der Waals surface area (Å²) < 4.78 is 0. The average molecular weight is 417 g/mol. The van der Waals surface area contributed by atoms with Crippen LogP contribution < -0.4 is 28.3 Å². The Morgan fingerprint density at radius 3 is 2.41 bits per heavy atom. The number of imidazole rings is 1. The number of anilines is 1. The second-order valence-electron chi connectivity index (χ2n) is 6.23. The molecule has 2 aromatic carbocycles. The maximum atomic E-state index is 12.8. The number of ketones is 1. The number of hydrogen-bond acceptors (Lipinski definition) is 7. The zero-order valence-electron chi connectivity index (χ0n) is 14.5. The van der Waals surface area contributed by atoms with Crippen molar-refractivity contribution in [3.63, 3.8) is 0 Å². The number of nitrogens with zero attached hydrogens (tertiary/aromatic N) is 2. The van der Waals surface area contributed by atoms with Gasteiger partial charge in [0.05, 0.1) is 23.4 Å². The molecule has 10 N–H and O–H groups in total. The number of benzene rings is 2. The molecular formula is C17H19N8OZn-. The van der Waals surface area contributed by atoms with E-state index in [2.05, 4.69) is 20.6 Å². The van der Waals surface area contributed by atoms with Crippen molar-refractivity contribution in [2.45, 2.75) is 18.5 Å². The van der Waals surface area contributed by atoms with Gasteiger partial charge in [-0.3, -0.25) is 4.79 Å². The average Bonchev–Trinajstić information content (AvgIpc) is 3.23. The van der Waals surface area contributed by atoms with Crippen LogP contribution in [-0.2, 0) is 19.5 Å². The van der Waals surface area contributed by atoms with Crippen molar-refractivity contribution in [1.29, 1.82) is 0 Å². The van der Waals surface area contributed by atoms with Gasteiger partial charge in [-0.1, -0.05) is 18.2 Å². The number of rotatable bonds is 4. The first-order valence-electron chi connectivity index (χ1n) is 8.10. The van der Waals surface area contributed by atoms with Crippen LogP contribution in [-0.4, -0.2) is 21.9 Å². The molecular weight excluding hydrogens is 398 g/mol. The number of aromatic amines is 1. The first-order valence-corrected chi connectivity index (χ1v) is 8.10. The SMILES string of the molecule is NC(N)c1ccc2c(c1)NC(C(=O)c1nc3ccc(C(N)N)cc3[nH]1)[N-]2.[Zn]. The van der Waals surface area contributed by atoms with Gasteiger partial charge in [0.15, 0.2) is 5.82 Å². The van der Waals surface area contributed by atoms with Gasteiger partial charge in [0.2, 0.25) is 5.78 Å². The van der Waals surface area contributed by atoms with E-state index < -0.39 is 18.5 Å². The maximum absolute atomic E-state index is 12.8. The van der Waals surface area contributed by atoms with Gasteiger partial charge < -0.3 is 38.6 Å². The molecule has 136 valence electrons. The third-order valence-corrected chi connectivity index (χ3v) is 4.34. The van der Waals surface area contributed by atoms with E-state index >= 15 is 0 Å². The van der Waals surface area contributed by atoms with Crippen LogP contribution in [0, 0.1) is 0 Å². The second-order valence-corrected chi connectivity index (χ2v) is 6.23. The Bertz CT molecular complexity index is 1000. The van der Waals surface area contributed by atoms with E-state index in [1.54, 1.807) is 36.4 Å². The number of hydrogen-bond donors (Lipinski definition) is 6. The van der Waals surface area contributed by atoms with Gasteiger partial charge in [0, 0.05) is 31.3 Å². The molecule has 1 atom stereocenters. The van der Waals surface area contributed by atoms with E-state index in [9.17, 15) is 4.79 Å². The summed E-state index contributed by atoms with van der Waals surface area (Å²) in [6, 6.07) is 10.7. The van der Waals surface area contributed by atoms with E-state index in [0.29, 0.717) is 22.4 Å². The summed E-state index contributed by atoms with van der Waals surface area (Å²) in [5.74, 6) is -0.0536. The molecule has 0 bridgehead atoms. The van der Waals surface area contributed by atoms with Gasteiger partial charge in [0.25, 0.3) is 0 Å². The Kier molecular flexibility index (Phi) is 5.27.